The molecular weight excluding hydrogens is 326 g/mol. The van der Waals surface area contributed by atoms with E-state index in [1.807, 2.05) is 13.1 Å². The van der Waals surface area contributed by atoms with Gasteiger partial charge in [0.25, 0.3) is 0 Å². The first-order chi connectivity index (χ1) is 12.8. The summed E-state index contributed by atoms with van der Waals surface area (Å²) in [5.74, 6) is 3.26. The van der Waals surface area contributed by atoms with Crippen LogP contribution in [0.2, 0.25) is 0 Å². The fourth-order valence-corrected chi connectivity index (χ4v) is 3.70. The molecule has 0 aliphatic carbocycles. The molecule has 0 spiro atoms. The molecule has 1 N–H and O–H groups in total. The fourth-order valence-electron chi connectivity index (χ4n) is 3.70. The minimum atomic E-state index is 0.321. The Morgan fingerprint density at radius 1 is 1.15 bits per heavy atom. The summed E-state index contributed by atoms with van der Waals surface area (Å²) in [6, 6.07) is 16.9. The molecule has 2 aromatic rings. The average molecular weight is 351 g/mol. The van der Waals surface area contributed by atoms with Crippen molar-refractivity contribution in [1.82, 2.24) is 10.2 Å². The van der Waals surface area contributed by atoms with Crippen molar-refractivity contribution in [3.05, 3.63) is 59.7 Å². The molecule has 26 heavy (non-hydrogen) atoms. The number of fused-ring (bicyclic) bond motifs is 1. The zero-order valence-corrected chi connectivity index (χ0v) is 15.1. The molecule has 0 bridgehead atoms. The maximum atomic E-state index is 5.45. The van der Waals surface area contributed by atoms with Crippen molar-refractivity contribution in [3.63, 3.8) is 0 Å². The Kier molecular flexibility index (Phi) is 4.95. The van der Waals surface area contributed by atoms with E-state index in [0.717, 1.165) is 43.5 Å². The summed E-state index contributed by atoms with van der Waals surface area (Å²) in [7, 11) is 1.86. The number of aliphatic imine (C=N–C) groups is 1. The molecule has 0 radical (unpaired) electrons. The molecule has 1 atom stereocenters. The van der Waals surface area contributed by atoms with Gasteiger partial charge in [-0.2, -0.15) is 0 Å². The Labute approximate surface area is 154 Å². The molecule has 0 amide bonds. The second kappa shape index (κ2) is 7.68. The lowest BCUT2D eigenvalue weighted by atomic mass is 9.99. The standard InChI is InChI=1S/C21H25N3O2/c1-22-21(24-12-10-18(14-24)17-5-3-2-4-6-17)23-11-9-16-7-8-19-20(13-16)26-15-25-19/h2-8,13,18H,9-12,14-15H2,1H3,(H,22,23). The summed E-state index contributed by atoms with van der Waals surface area (Å²) in [6.07, 6.45) is 2.10. The maximum Gasteiger partial charge on any atom is 0.231 e. The third-order valence-corrected chi connectivity index (χ3v) is 5.10. The van der Waals surface area contributed by atoms with E-state index in [1.54, 1.807) is 0 Å². The van der Waals surface area contributed by atoms with E-state index in [0.29, 0.717) is 12.7 Å². The predicted molar refractivity (Wildman–Crippen MR) is 103 cm³/mol. The highest BCUT2D eigenvalue weighted by molar-refractivity contribution is 5.80. The molecule has 136 valence electrons. The van der Waals surface area contributed by atoms with Crippen molar-refractivity contribution in [1.29, 1.82) is 0 Å². The highest BCUT2D eigenvalue weighted by Gasteiger charge is 2.25. The van der Waals surface area contributed by atoms with Crippen LogP contribution in [0.4, 0.5) is 0 Å². The van der Waals surface area contributed by atoms with Crippen LogP contribution in [0.15, 0.2) is 53.5 Å². The second-order valence-corrected chi connectivity index (χ2v) is 6.75. The molecule has 1 unspecified atom stereocenters. The molecule has 5 nitrogen and oxygen atoms in total. The van der Waals surface area contributed by atoms with Crippen molar-refractivity contribution in [3.8, 4) is 11.5 Å². The monoisotopic (exact) mass is 351 g/mol. The molecule has 2 aliphatic heterocycles. The van der Waals surface area contributed by atoms with Gasteiger partial charge in [-0.3, -0.25) is 4.99 Å². The fraction of sp³-hybridized carbons (Fsp3) is 0.381. The van der Waals surface area contributed by atoms with Gasteiger partial charge in [0.15, 0.2) is 17.5 Å². The van der Waals surface area contributed by atoms with Crippen molar-refractivity contribution in [2.45, 2.75) is 18.8 Å². The molecule has 2 aromatic carbocycles. The number of nitrogens with zero attached hydrogens (tertiary/aromatic N) is 2. The first-order valence-electron chi connectivity index (χ1n) is 9.22. The zero-order valence-electron chi connectivity index (χ0n) is 15.1. The van der Waals surface area contributed by atoms with Gasteiger partial charge in [0.2, 0.25) is 6.79 Å². The Balaban J connectivity index is 1.30. The summed E-state index contributed by atoms with van der Waals surface area (Å²) >= 11 is 0. The largest absolute Gasteiger partial charge is 0.454 e. The lowest BCUT2D eigenvalue weighted by Gasteiger charge is -2.22. The van der Waals surface area contributed by atoms with Gasteiger partial charge in [0.05, 0.1) is 0 Å². The van der Waals surface area contributed by atoms with E-state index in [1.165, 1.54) is 17.5 Å². The smallest absolute Gasteiger partial charge is 0.231 e. The first-order valence-corrected chi connectivity index (χ1v) is 9.22. The summed E-state index contributed by atoms with van der Waals surface area (Å²) in [5, 5.41) is 3.50. The number of hydrogen-bond acceptors (Lipinski definition) is 3. The first kappa shape index (κ1) is 16.8. The third-order valence-electron chi connectivity index (χ3n) is 5.10. The van der Waals surface area contributed by atoms with Gasteiger partial charge in [0.1, 0.15) is 0 Å². The van der Waals surface area contributed by atoms with E-state index in [2.05, 4.69) is 57.7 Å². The number of rotatable bonds is 4. The summed E-state index contributed by atoms with van der Waals surface area (Å²) in [6.45, 7) is 3.23. The van der Waals surface area contributed by atoms with E-state index < -0.39 is 0 Å². The van der Waals surface area contributed by atoms with Gasteiger partial charge in [-0.25, -0.2) is 0 Å². The van der Waals surface area contributed by atoms with Crippen LogP contribution in [0, 0.1) is 0 Å². The highest BCUT2D eigenvalue weighted by Crippen LogP contribution is 2.32. The molecule has 2 heterocycles. The second-order valence-electron chi connectivity index (χ2n) is 6.75. The summed E-state index contributed by atoms with van der Waals surface area (Å²) in [4.78, 5) is 6.83. The van der Waals surface area contributed by atoms with Crippen molar-refractivity contribution >= 4 is 5.96 Å². The van der Waals surface area contributed by atoms with Gasteiger partial charge in [-0.1, -0.05) is 36.4 Å². The van der Waals surface area contributed by atoms with E-state index in [9.17, 15) is 0 Å². The number of likely N-dealkylation sites (tertiary alicyclic amines) is 1. The molecule has 2 aliphatic rings. The Morgan fingerprint density at radius 2 is 2.00 bits per heavy atom. The number of ether oxygens (including phenoxy) is 2. The number of nitrogens with one attached hydrogen (secondary N) is 1. The van der Waals surface area contributed by atoms with E-state index in [4.69, 9.17) is 9.47 Å². The van der Waals surface area contributed by atoms with Crippen LogP contribution >= 0.6 is 0 Å². The minimum absolute atomic E-state index is 0.321. The zero-order chi connectivity index (χ0) is 17.8. The van der Waals surface area contributed by atoms with Crippen LogP contribution in [0.3, 0.4) is 0 Å². The summed E-state index contributed by atoms with van der Waals surface area (Å²) in [5.41, 5.74) is 2.66. The van der Waals surface area contributed by atoms with Crippen LogP contribution in [-0.4, -0.2) is 44.3 Å². The number of hydrogen-bond donors (Lipinski definition) is 1. The summed E-state index contributed by atoms with van der Waals surface area (Å²) < 4.78 is 10.8. The van der Waals surface area contributed by atoms with E-state index >= 15 is 0 Å². The normalized spacial score (nSPS) is 19.0. The lowest BCUT2D eigenvalue weighted by Crippen LogP contribution is -2.40. The lowest BCUT2D eigenvalue weighted by molar-refractivity contribution is 0.174. The molecule has 1 fully saturated rings. The van der Waals surface area contributed by atoms with Crippen LogP contribution in [-0.2, 0) is 6.42 Å². The van der Waals surface area contributed by atoms with Crippen LogP contribution in [0.5, 0.6) is 11.5 Å². The molecule has 4 rings (SSSR count). The van der Waals surface area contributed by atoms with Crippen molar-refractivity contribution in [2.75, 3.05) is 33.5 Å². The van der Waals surface area contributed by atoms with Gasteiger partial charge in [-0.15, -0.1) is 0 Å². The average Bonchev–Trinajstić information content (AvgIpc) is 3.35. The Bertz CT molecular complexity index is 776. The predicted octanol–water partition coefficient (Wildman–Crippen LogP) is 3.02. The highest BCUT2D eigenvalue weighted by atomic mass is 16.7. The maximum absolute atomic E-state index is 5.45. The Hall–Kier alpha value is -2.69. The van der Waals surface area contributed by atoms with Gasteiger partial charge in [-0.05, 0) is 36.1 Å². The molecular formula is C21H25N3O2. The third kappa shape index (κ3) is 3.62. The SMILES string of the molecule is CN=C(NCCc1ccc2c(c1)OCO2)N1CCC(c2ccccc2)C1. The van der Waals surface area contributed by atoms with E-state index in [-0.39, 0.29) is 0 Å². The van der Waals surface area contributed by atoms with Gasteiger partial charge >= 0.3 is 0 Å². The Morgan fingerprint density at radius 3 is 2.85 bits per heavy atom. The molecule has 5 heteroatoms. The minimum Gasteiger partial charge on any atom is -0.454 e. The number of benzene rings is 2. The molecule has 0 aromatic heterocycles. The van der Waals surface area contributed by atoms with Gasteiger partial charge in [0, 0.05) is 32.6 Å². The van der Waals surface area contributed by atoms with Gasteiger partial charge < -0.3 is 19.7 Å². The van der Waals surface area contributed by atoms with Crippen LogP contribution in [0.25, 0.3) is 0 Å². The van der Waals surface area contributed by atoms with Crippen LogP contribution < -0.4 is 14.8 Å². The quantitative estimate of drug-likeness (QED) is 0.679. The molecule has 1 saturated heterocycles. The van der Waals surface area contributed by atoms with Crippen molar-refractivity contribution in [2.24, 2.45) is 4.99 Å². The van der Waals surface area contributed by atoms with Crippen molar-refractivity contribution < 1.29 is 9.47 Å². The van der Waals surface area contributed by atoms with Crippen LogP contribution in [0.1, 0.15) is 23.5 Å². The molecule has 0 saturated carbocycles. The number of guanidine groups is 1. The topological polar surface area (TPSA) is 46.1 Å².